The lowest BCUT2D eigenvalue weighted by atomic mass is 10.1. The number of phosphoric ester groups is 1. The molecule has 0 spiro atoms. The van der Waals surface area contributed by atoms with Gasteiger partial charge >= 0.3 is 7.82 Å². The number of phosphoric acid groups is 1. The number of quaternary nitrogens is 1. The zero-order valence-electron chi connectivity index (χ0n) is 40.1. The van der Waals surface area contributed by atoms with Crippen LogP contribution in [0, 0.1) is 0 Å². The van der Waals surface area contributed by atoms with E-state index in [1.807, 2.05) is 27.2 Å². The molecule has 0 aromatic heterocycles. The lowest BCUT2D eigenvalue weighted by Gasteiger charge is -2.25. The minimum absolute atomic E-state index is 0.0474. The Morgan fingerprint density at radius 1 is 0.557 bits per heavy atom. The van der Waals surface area contributed by atoms with Gasteiger partial charge in [0.2, 0.25) is 5.91 Å². The molecule has 0 aliphatic heterocycles. The molecule has 1 amide bonds. The van der Waals surface area contributed by atoms with Gasteiger partial charge in [-0.05, 0) is 83.5 Å². The molecule has 9 heteroatoms. The van der Waals surface area contributed by atoms with E-state index in [1.165, 1.54) is 109 Å². The summed E-state index contributed by atoms with van der Waals surface area (Å²) in [6.45, 7) is 4.75. The molecule has 0 bridgehead atoms. The Bertz CT molecular complexity index is 1220. The molecule has 0 aromatic carbocycles. The van der Waals surface area contributed by atoms with Crippen LogP contribution < -0.4 is 5.32 Å². The Kier molecular flexibility index (Phi) is 41.7. The van der Waals surface area contributed by atoms with E-state index in [2.05, 4.69) is 79.9 Å². The van der Waals surface area contributed by atoms with Crippen LogP contribution in [0.3, 0.4) is 0 Å². The maximum Gasteiger partial charge on any atom is 0.472 e. The van der Waals surface area contributed by atoms with E-state index in [0.717, 1.165) is 70.6 Å². The fraction of sp³-hybridized carbons (Fsp3) is 0.750. The number of likely N-dealkylation sites (N-methyl/N-ethyl adjacent to an activating group) is 1. The van der Waals surface area contributed by atoms with E-state index < -0.39 is 20.0 Å². The van der Waals surface area contributed by atoms with Crippen molar-refractivity contribution in [3.8, 4) is 0 Å². The zero-order valence-corrected chi connectivity index (χ0v) is 41.0. The van der Waals surface area contributed by atoms with E-state index >= 15 is 0 Å². The van der Waals surface area contributed by atoms with Crippen LogP contribution in [0.15, 0.2) is 72.9 Å². The lowest BCUT2D eigenvalue weighted by Crippen LogP contribution is -2.45. The second kappa shape index (κ2) is 43.2. The first-order chi connectivity index (χ1) is 29.5. The van der Waals surface area contributed by atoms with Gasteiger partial charge in [-0.3, -0.25) is 13.8 Å². The molecule has 3 atom stereocenters. The smallest absolute Gasteiger partial charge is 0.387 e. The lowest BCUT2D eigenvalue weighted by molar-refractivity contribution is -0.870. The topological polar surface area (TPSA) is 105 Å². The third-order valence-corrected chi connectivity index (χ3v) is 11.6. The molecule has 61 heavy (non-hydrogen) atoms. The van der Waals surface area contributed by atoms with E-state index in [-0.39, 0.29) is 19.1 Å². The molecule has 354 valence electrons. The Balaban J connectivity index is 4.46. The van der Waals surface area contributed by atoms with Crippen LogP contribution >= 0.6 is 7.82 Å². The van der Waals surface area contributed by atoms with Gasteiger partial charge in [0.1, 0.15) is 13.2 Å². The fourth-order valence-corrected chi connectivity index (χ4v) is 7.40. The number of hydrogen-bond donors (Lipinski definition) is 3. The maximum absolute atomic E-state index is 12.9. The fourth-order valence-electron chi connectivity index (χ4n) is 6.67. The first-order valence-corrected chi connectivity index (χ1v) is 26.3. The molecule has 0 aromatic rings. The van der Waals surface area contributed by atoms with Gasteiger partial charge in [-0.25, -0.2) is 4.57 Å². The zero-order chi connectivity index (χ0) is 45.0. The van der Waals surface area contributed by atoms with Gasteiger partial charge in [0.05, 0.1) is 39.9 Å². The number of carbonyl (C=O) groups is 1. The van der Waals surface area contributed by atoms with E-state index in [0.29, 0.717) is 17.4 Å². The van der Waals surface area contributed by atoms with Crippen LogP contribution in [-0.2, 0) is 18.4 Å². The van der Waals surface area contributed by atoms with Crippen molar-refractivity contribution in [2.75, 3.05) is 40.9 Å². The maximum atomic E-state index is 12.9. The normalized spacial score (nSPS) is 14.8. The van der Waals surface area contributed by atoms with Gasteiger partial charge in [-0.2, -0.15) is 0 Å². The summed E-state index contributed by atoms with van der Waals surface area (Å²) < 4.78 is 23.6. The number of carbonyl (C=O) groups excluding carboxylic acids is 1. The second-order valence-electron chi connectivity index (χ2n) is 17.8. The highest BCUT2D eigenvalue weighted by atomic mass is 31.2. The molecule has 3 N–H and O–H groups in total. The van der Waals surface area contributed by atoms with E-state index in [9.17, 15) is 19.4 Å². The van der Waals surface area contributed by atoms with Gasteiger partial charge in [0.25, 0.3) is 0 Å². The number of hydrogen-bond acceptors (Lipinski definition) is 5. The largest absolute Gasteiger partial charge is 0.472 e. The highest BCUT2D eigenvalue weighted by Gasteiger charge is 2.27. The highest BCUT2D eigenvalue weighted by molar-refractivity contribution is 7.47. The van der Waals surface area contributed by atoms with Crippen molar-refractivity contribution in [1.82, 2.24) is 5.32 Å². The second-order valence-corrected chi connectivity index (χ2v) is 19.3. The minimum Gasteiger partial charge on any atom is -0.387 e. The van der Waals surface area contributed by atoms with Crippen molar-refractivity contribution in [3.63, 3.8) is 0 Å². The molecule has 0 saturated carbocycles. The summed E-state index contributed by atoms with van der Waals surface area (Å²) in [4.78, 5) is 23.2. The van der Waals surface area contributed by atoms with Gasteiger partial charge in [-0.15, -0.1) is 0 Å². The summed E-state index contributed by atoms with van der Waals surface area (Å²) in [6.07, 6.45) is 58.3. The van der Waals surface area contributed by atoms with Crippen molar-refractivity contribution >= 4 is 13.7 Å². The van der Waals surface area contributed by atoms with Crippen LogP contribution in [0.1, 0.15) is 200 Å². The average Bonchev–Trinajstić information content (AvgIpc) is 3.21. The molecule has 0 rings (SSSR count). The summed E-state index contributed by atoms with van der Waals surface area (Å²) in [6, 6.07) is -0.880. The van der Waals surface area contributed by atoms with Gasteiger partial charge < -0.3 is 19.8 Å². The molecule has 0 aliphatic carbocycles. The molecule has 0 aliphatic rings. The van der Waals surface area contributed by atoms with Crippen molar-refractivity contribution in [1.29, 1.82) is 0 Å². The summed E-state index contributed by atoms with van der Waals surface area (Å²) in [5, 5.41) is 13.8. The van der Waals surface area contributed by atoms with Crippen molar-refractivity contribution in [2.24, 2.45) is 0 Å². The standard InChI is InChI=1S/C52H95N2O6P/c1-6-8-10-12-14-16-18-20-22-24-26-27-28-30-32-34-36-38-40-42-44-46-52(56)53-50(49-60-61(57,58)59-48-47-54(3,4)5)51(55)45-43-41-39-37-35-33-31-29-25-23-21-19-17-15-13-11-9-7-2/h18,20,24-26,28-30,35,37,43,45,50-51,55H,6-17,19,21-23,27,31-34,36,38-42,44,46-49H2,1-5H3,(H-,53,56,57,58)/p+1/b20-18-,26-24-,29-25+,30-28-,37-35+,45-43+. The van der Waals surface area contributed by atoms with Crippen LogP contribution in [0.5, 0.6) is 0 Å². The molecular formula is C52H96N2O6P+. The number of aliphatic hydroxyl groups is 1. The Hall–Kier alpha value is -2.06. The number of rotatable bonds is 44. The van der Waals surface area contributed by atoms with Gasteiger partial charge in [0.15, 0.2) is 0 Å². The number of amides is 1. The third kappa shape index (κ3) is 45.8. The summed E-state index contributed by atoms with van der Waals surface area (Å²) >= 11 is 0. The Morgan fingerprint density at radius 2 is 0.951 bits per heavy atom. The van der Waals surface area contributed by atoms with Gasteiger partial charge in [-0.1, -0.05) is 183 Å². The molecule has 8 nitrogen and oxygen atoms in total. The predicted molar refractivity (Wildman–Crippen MR) is 263 cm³/mol. The Morgan fingerprint density at radius 3 is 1.43 bits per heavy atom. The van der Waals surface area contributed by atoms with Gasteiger partial charge in [0, 0.05) is 6.42 Å². The molecule has 0 fully saturated rings. The summed E-state index contributed by atoms with van der Waals surface area (Å²) in [5.74, 6) is -0.206. The van der Waals surface area contributed by atoms with Crippen LogP contribution in [0.25, 0.3) is 0 Å². The number of allylic oxidation sites excluding steroid dienone is 11. The van der Waals surface area contributed by atoms with E-state index in [4.69, 9.17) is 9.05 Å². The number of unbranched alkanes of at least 4 members (excludes halogenated alkanes) is 21. The third-order valence-electron chi connectivity index (χ3n) is 10.6. The highest BCUT2D eigenvalue weighted by Crippen LogP contribution is 2.43. The van der Waals surface area contributed by atoms with Crippen molar-refractivity contribution in [2.45, 2.75) is 212 Å². The molecular weight excluding hydrogens is 780 g/mol. The van der Waals surface area contributed by atoms with Crippen LogP contribution in [-0.4, -0.2) is 73.4 Å². The monoisotopic (exact) mass is 876 g/mol. The number of nitrogens with zero attached hydrogens (tertiary/aromatic N) is 1. The van der Waals surface area contributed by atoms with Crippen molar-refractivity contribution in [3.05, 3.63) is 72.9 Å². The predicted octanol–water partition coefficient (Wildman–Crippen LogP) is 14.4. The quantitative estimate of drug-likeness (QED) is 0.0244. The minimum atomic E-state index is -4.36. The first-order valence-electron chi connectivity index (χ1n) is 24.8. The van der Waals surface area contributed by atoms with E-state index in [1.54, 1.807) is 6.08 Å². The Labute approximate surface area is 376 Å². The SMILES string of the molecule is CCCCCCC/C=C\C/C=C\C/C=C\CCCCCCCCC(=O)NC(COP(=O)(O)OCC[N+](C)(C)C)C(O)/C=C/CC/C=C/CC/C=C/CCCCCCCCCC. The van der Waals surface area contributed by atoms with Crippen molar-refractivity contribution < 1.29 is 32.9 Å². The number of nitrogens with one attached hydrogen (secondary N) is 1. The molecule has 0 radical (unpaired) electrons. The van der Waals surface area contributed by atoms with Crippen LogP contribution in [0.2, 0.25) is 0 Å². The first kappa shape index (κ1) is 58.9. The summed E-state index contributed by atoms with van der Waals surface area (Å²) in [5.41, 5.74) is 0. The molecule has 0 saturated heterocycles. The van der Waals surface area contributed by atoms with Crippen LogP contribution in [0.4, 0.5) is 0 Å². The summed E-state index contributed by atoms with van der Waals surface area (Å²) in [7, 11) is 1.53. The average molecular weight is 876 g/mol. The number of aliphatic hydroxyl groups excluding tert-OH is 1. The molecule has 3 unspecified atom stereocenters. The molecule has 0 heterocycles.